The van der Waals surface area contributed by atoms with Gasteiger partial charge in [-0.05, 0) is 27.6 Å². The fraction of sp³-hybridized carbons (Fsp3) is 0.286. The Morgan fingerprint density at radius 2 is 2.15 bits per heavy atom. The summed E-state index contributed by atoms with van der Waals surface area (Å²) >= 11 is 3.47. The molecule has 0 atom stereocenters. The maximum Gasteiger partial charge on any atom is 0.224 e. The number of likely N-dealkylation sites (N-methyl/N-ethyl adjacent to an activating group) is 1. The highest BCUT2D eigenvalue weighted by Crippen LogP contribution is 2.19. The van der Waals surface area contributed by atoms with Crippen LogP contribution in [-0.2, 0) is 24.8 Å². The van der Waals surface area contributed by atoms with E-state index in [1.165, 1.54) is 0 Å². The second-order valence-electron chi connectivity index (χ2n) is 4.46. The quantitative estimate of drug-likeness (QED) is 0.878. The van der Waals surface area contributed by atoms with Crippen LogP contribution in [0.1, 0.15) is 11.3 Å². The molecule has 0 unspecified atom stereocenters. The molecule has 0 aliphatic heterocycles. The Kier molecular flexibility index (Phi) is 4.79. The average molecular weight is 337 g/mol. The van der Waals surface area contributed by atoms with Gasteiger partial charge in [-0.1, -0.05) is 18.2 Å². The molecule has 0 bridgehead atoms. The Balaban J connectivity index is 2.09. The maximum atomic E-state index is 11.5. The van der Waals surface area contributed by atoms with Gasteiger partial charge in [0.1, 0.15) is 0 Å². The number of nitrogens with zero attached hydrogens (tertiary/aromatic N) is 2. The van der Waals surface area contributed by atoms with E-state index in [-0.39, 0.29) is 5.91 Å². The second kappa shape index (κ2) is 6.56. The minimum atomic E-state index is -0.00160. The number of para-hydroxylation sites is 1. The van der Waals surface area contributed by atoms with Crippen molar-refractivity contribution in [2.45, 2.75) is 13.0 Å². The van der Waals surface area contributed by atoms with Gasteiger partial charge in [0.2, 0.25) is 5.91 Å². The molecule has 0 aliphatic rings. The van der Waals surface area contributed by atoms with E-state index in [0.717, 1.165) is 21.4 Å². The first-order valence-corrected chi connectivity index (χ1v) is 7.10. The van der Waals surface area contributed by atoms with Crippen molar-refractivity contribution in [1.82, 2.24) is 15.1 Å². The zero-order valence-corrected chi connectivity index (χ0v) is 13.1. The van der Waals surface area contributed by atoms with Crippen molar-refractivity contribution in [2.24, 2.45) is 7.05 Å². The molecule has 1 aromatic carbocycles. The lowest BCUT2D eigenvalue weighted by atomic mass is 10.1. The van der Waals surface area contributed by atoms with Gasteiger partial charge in [-0.3, -0.25) is 9.48 Å². The number of rotatable bonds is 5. The minimum Gasteiger partial charge on any atom is -0.379 e. The maximum absolute atomic E-state index is 11.5. The molecule has 106 valence electrons. The lowest BCUT2D eigenvalue weighted by molar-refractivity contribution is -0.119. The first-order chi connectivity index (χ1) is 9.60. The van der Waals surface area contributed by atoms with E-state index in [2.05, 4.69) is 31.7 Å². The Morgan fingerprint density at radius 3 is 2.80 bits per heavy atom. The smallest absolute Gasteiger partial charge is 0.224 e. The normalized spacial score (nSPS) is 10.3. The van der Waals surface area contributed by atoms with Crippen molar-refractivity contribution < 1.29 is 4.79 Å². The van der Waals surface area contributed by atoms with Gasteiger partial charge in [0.05, 0.1) is 23.1 Å². The van der Waals surface area contributed by atoms with E-state index in [0.29, 0.717) is 13.0 Å². The molecule has 0 fully saturated rings. The van der Waals surface area contributed by atoms with Crippen molar-refractivity contribution in [3.63, 3.8) is 0 Å². The second-order valence-corrected chi connectivity index (χ2v) is 5.31. The van der Waals surface area contributed by atoms with Crippen molar-refractivity contribution in [2.75, 3.05) is 12.4 Å². The number of hydrogen-bond acceptors (Lipinski definition) is 3. The number of carbonyl (C=O) groups excluding carboxylic acids is 1. The van der Waals surface area contributed by atoms with Gasteiger partial charge < -0.3 is 10.6 Å². The van der Waals surface area contributed by atoms with Crippen LogP contribution in [0, 0.1) is 0 Å². The zero-order valence-electron chi connectivity index (χ0n) is 11.5. The molecule has 0 radical (unpaired) electrons. The summed E-state index contributed by atoms with van der Waals surface area (Å²) in [7, 11) is 3.52. The Morgan fingerprint density at radius 1 is 1.40 bits per heavy atom. The molecule has 0 spiro atoms. The van der Waals surface area contributed by atoms with Gasteiger partial charge in [-0.2, -0.15) is 5.10 Å². The van der Waals surface area contributed by atoms with Crippen LogP contribution in [0.3, 0.4) is 0 Å². The lowest BCUT2D eigenvalue weighted by Gasteiger charge is -2.10. The van der Waals surface area contributed by atoms with Crippen LogP contribution in [0.2, 0.25) is 0 Å². The number of nitrogens with one attached hydrogen (secondary N) is 2. The molecule has 0 aliphatic carbocycles. The highest BCUT2D eigenvalue weighted by molar-refractivity contribution is 9.10. The summed E-state index contributed by atoms with van der Waals surface area (Å²) in [5.74, 6) is -0.00160. The zero-order chi connectivity index (χ0) is 14.5. The molecule has 0 saturated carbocycles. The van der Waals surface area contributed by atoms with Gasteiger partial charge in [-0.25, -0.2) is 0 Å². The van der Waals surface area contributed by atoms with Gasteiger partial charge in [0.25, 0.3) is 0 Å². The average Bonchev–Trinajstić information content (AvgIpc) is 2.76. The molecule has 20 heavy (non-hydrogen) atoms. The molecular weight excluding hydrogens is 320 g/mol. The van der Waals surface area contributed by atoms with Crippen LogP contribution in [0.4, 0.5) is 5.69 Å². The first kappa shape index (κ1) is 14.6. The SMILES string of the molecule is CNC(=O)Cc1ccccc1NCc1nn(C)cc1Br. The number of amides is 1. The number of aromatic nitrogens is 2. The Labute approximate surface area is 126 Å². The van der Waals surface area contributed by atoms with E-state index in [1.807, 2.05) is 37.5 Å². The summed E-state index contributed by atoms with van der Waals surface area (Å²) in [4.78, 5) is 11.5. The summed E-state index contributed by atoms with van der Waals surface area (Å²) in [6, 6.07) is 7.80. The van der Waals surface area contributed by atoms with Crippen molar-refractivity contribution in [3.8, 4) is 0 Å². The topological polar surface area (TPSA) is 59.0 Å². The number of hydrogen-bond donors (Lipinski definition) is 2. The Hall–Kier alpha value is -1.82. The third-order valence-corrected chi connectivity index (χ3v) is 3.61. The highest BCUT2D eigenvalue weighted by atomic mass is 79.9. The fourth-order valence-corrected chi connectivity index (χ4v) is 2.43. The predicted molar refractivity (Wildman–Crippen MR) is 82.4 cm³/mol. The fourth-order valence-electron chi connectivity index (χ4n) is 1.91. The lowest BCUT2D eigenvalue weighted by Crippen LogP contribution is -2.20. The summed E-state index contributed by atoms with van der Waals surface area (Å²) in [5.41, 5.74) is 2.86. The number of aryl methyl sites for hydroxylation is 1. The van der Waals surface area contributed by atoms with Crippen molar-refractivity contribution in [1.29, 1.82) is 0 Å². The molecule has 6 heteroatoms. The molecule has 2 aromatic rings. The van der Waals surface area contributed by atoms with Crippen LogP contribution in [-0.4, -0.2) is 22.7 Å². The number of carbonyl (C=O) groups is 1. The third kappa shape index (κ3) is 3.60. The molecule has 1 amide bonds. The largest absolute Gasteiger partial charge is 0.379 e. The van der Waals surface area contributed by atoms with E-state index < -0.39 is 0 Å². The van der Waals surface area contributed by atoms with Gasteiger partial charge in [0, 0.05) is 26.0 Å². The van der Waals surface area contributed by atoms with Crippen LogP contribution in [0.25, 0.3) is 0 Å². The minimum absolute atomic E-state index is 0.00160. The van der Waals surface area contributed by atoms with E-state index >= 15 is 0 Å². The number of halogens is 1. The van der Waals surface area contributed by atoms with Gasteiger partial charge in [0.15, 0.2) is 0 Å². The number of anilines is 1. The first-order valence-electron chi connectivity index (χ1n) is 6.30. The third-order valence-electron chi connectivity index (χ3n) is 2.95. The molecule has 1 heterocycles. The van der Waals surface area contributed by atoms with E-state index in [1.54, 1.807) is 11.7 Å². The molecule has 5 nitrogen and oxygen atoms in total. The summed E-state index contributed by atoms with van der Waals surface area (Å²) in [5, 5.41) is 10.3. The van der Waals surface area contributed by atoms with Crippen LogP contribution < -0.4 is 10.6 Å². The highest BCUT2D eigenvalue weighted by Gasteiger charge is 2.08. The molecule has 2 rings (SSSR count). The number of benzene rings is 1. The Bertz CT molecular complexity index is 609. The van der Waals surface area contributed by atoms with Crippen molar-refractivity contribution >= 4 is 27.5 Å². The van der Waals surface area contributed by atoms with Crippen LogP contribution in [0.15, 0.2) is 34.9 Å². The summed E-state index contributed by atoms with van der Waals surface area (Å²) in [6.45, 7) is 0.603. The van der Waals surface area contributed by atoms with E-state index in [9.17, 15) is 4.79 Å². The standard InChI is InChI=1S/C14H17BrN4O/c1-16-14(20)7-10-5-3-4-6-12(10)17-8-13-11(15)9-19(2)18-13/h3-6,9,17H,7-8H2,1-2H3,(H,16,20). The van der Waals surface area contributed by atoms with Gasteiger partial charge in [-0.15, -0.1) is 0 Å². The van der Waals surface area contributed by atoms with E-state index in [4.69, 9.17) is 0 Å². The monoisotopic (exact) mass is 336 g/mol. The molecule has 0 saturated heterocycles. The summed E-state index contributed by atoms with van der Waals surface area (Å²) < 4.78 is 2.73. The van der Waals surface area contributed by atoms with Gasteiger partial charge >= 0.3 is 0 Å². The molecular formula is C14H17BrN4O. The molecule has 2 N–H and O–H groups in total. The van der Waals surface area contributed by atoms with Crippen LogP contribution in [0.5, 0.6) is 0 Å². The predicted octanol–water partition coefficient (Wildman–Crippen LogP) is 2.08. The summed E-state index contributed by atoms with van der Waals surface area (Å²) in [6.07, 6.45) is 2.27. The van der Waals surface area contributed by atoms with Crippen molar-refractivity contribution in [3.05, 3.63) is 46.2 Å². The van der Waals surface area contributed by atoms with Crippen LogP contribution >= 0.6 is 15.9 Å². The molecule has 1 aromatic heterocycles.